The fourth-order valence-electron chi connectivity index (χ4n) is 3.86. The van der Waals surface area contributed by atoms with Gasteiger partial charge in [-0.15, -0.1) is 6.42 Å². The molecule has 1 unspecified atom stereocenters. The third kappa shape index (κ3) is 4.16. The summed E-state index contributed by atoms with van der Waals surface area (Å²) in [5.74, 6) is 2.66. The van der Waals surface area contributed by atoms with Gasteiger partial charge in [-0.2, -0.15) is 0 Å². The van der Waals surface area contributed by atoms with Crippen molar-refractivity contribution in [1.82, 2.24) is 10.2 Å². The van der Waals surface area contributed by atoms with Gasteiger partial charge in [-0.25, -0.2) is 4.79 Å². The van der Waals surface area contributed by atoms with Gasteiger partial charge in [0.2, 0.25) is 0 Å². The number of carbonyl (C=O) groups is 1. The topological polar surface area (TPSA) is 41.6 Å². The smallest absolute Gasteiger partial charge is 0.410 e. The molecule has 1 aliphatic carbocycles. The Hall–Kier alpha value is -1.21. The molecule has 4 heteroatoms. The fourth-order valence-corrected chi connectivity index (χ4v) is 3.86. The molecule has 1 atom stereocenters. The lowest BCUT2D eigenvalue weighted by Gasteiger charge is -2.51. The average molecular weight is 306 g/mol. The molecular formula is C18H30N2O2. The monoisotopic (exact) mass is 306 g/mol. The molecule has 0 radical (unpaired) electrons. The summed E-state index contributed by atoms with van der Waals surface area (Å²) >= 11 is 0. The first kappa shape index (κ1) is 17.1. The van der Waals surface area contributed by atoms with Crippen LogP contribution >= 0.6 is 0 Å². The highest BCUT2D eigenvalue weighted by Gasteiger charge is 2.46. The maximum Gasteiger partial charge on any atom is 0.410 e. The van der Waals surface area contributed by atoms with Gasteiger partial charge in [0.15, 0.2) is 0 Å². The molecule has 2 rings (SSSR count). The van der Waals surface area contributed by atoms with Gasteiger partial charge < -0.3 is 15.0 Å². The van der Waals surface area contributed by atoms with Crippen molar-refractivity contribution in [3.05, 3.63) is 0 Å². The van der Waals surface area contributed by atoms with Crippen molar-refractivity contribution >= 4 is 6.09 Å². The average Bonchev–Trinajstić information content (AvgIpc) is 2.44. The van der Waals surface area contributed by atoms with E-state index in [0.29, 0.717) is 12.6 Å². The lowest BCUT2D eigenvalue weighted by molar-refractivity contribution is -0.0327. The lowest BCUT2D eigenvalue weighted by Crippen LogP contribution is -2.61. The number of nitrogens with zero attached hydrogens (tertiary/aromatic N) is 1. The normalized spacial score (nSPS) is 24.8. The van der Waals surface area contributed by atoms with Crippen molar-refractivity contribution < 1.29 is 9.53 Å². The Morgan fingerprint density at radius 2 is 2.05 bits per heavy atom. The molecule has 1 saturated carbocycles. The first-order chi connectivity index (χ1) is 10.4. The second kappa shape index (κ2) is 6.91. The van der Waals surface area contributed by atoms with E-state index < -0.39 is 5.60 Å². The van der Waals surface area contributed by atoms with Crippen molar-refractivity contribution in [2.24, 2.45) is 0 Å². The van der Waals surface area contributed by atoms with Gasteiger partial charge in [0.1, 0.15) is 5.60 Å². The summed E-state index contributed by atoms with van der Waals surface area (Å²) in [7, 11) is 0. The van der Waals surface area contributed by atoms with Crippen LogP contribution in [-0.4, -0.2) is 41.3 Å². The summed E-state index contributed by atoms with van der Waals surface area (Å²) in [6.45, 7) is 7.16. The second-order valence-corrected chi connectivity index (χ2v) is 7.69. The Balaban J connectivity index is 2.11. The van der Waals surface area contributed by atoms with Gasteiger partial charge in [0, 0.05) is 18.1 Å². The zero-order valence-electron chi connectivity index (χ0n) is 14.3. The first-order valence-corrected chi connectivity index (χ1v) is 8.54. The Labute approximate surface area is 135 Å². The molecule has 1 aliphatic heterocycles. The predicted molar refractivity (Wildman–Crippen MR) is 88.6 cm³/mol. The standard InChI is InChI=1S/C18H30N2O2/c1-5-12-19-15-9-13-20(16(21)22-17(2,3)4)18(14-15)10-7-6-8-11-18/h1,15,19H,6-14H2,2-4H3. The molecule has 22 heavy (non-hydrogen) atoms. The van der Waals surface area contributed by atoms with E-state index in [4.69, 9.17) is 11.2 Å². The summed E-state index contributed by atoms with van der Waals surface area (Å²) in [6.07, 6.45) is 13.0. The second-order valence-electron chi connectivity index (χ2n) is 7.69. The van der Waals surface area contributed by atoms with Crippen molar-refractivity contribution in [3.63, 3.8) is 0 Å². The Bertz CT molecular complexity index is 427. The van der Waals surface area contributed by atoms with E-state index >= 15 is 0 Å². The number of ether oxygens (including phenoxy) is 1. The van der Waals surface area contributed by atoms with Crippen LogP contribution in [0, 0.1) is 12.3 Å². The summed E-state index contributed by atoms with van der Waals surface area (Å²) in [5.41, 5.74) is -0.476. The lowest BCUT2D eigenvalue weighted by atomic mass is 9.73. The molecule has 0 aromatic carbocycles. The number of nitrogens with one attached hydrogen (secondary N) is 1. The third-order valence-corrected chi connectivity index (χ3v) is 4.79. The maximum atomic E-state index is 12.7. The van der Waals surface area contributed by atoms with E-state index in [0.717, 1.165) is 32.2 Å². The number of carbonyl (C=O) groups excluding carboxylic acids is 1. The van der Waals surface area contributed by atoms with E-state index in [1.54, 1.807) is 0 Å². The zero-order valence-corrected chi connectivity index (χ0v) is 14.3. The summed E-state index contributed by atoms with van der Waals surface area (Å²) in [4.78, 5) is 14.7. The van der Waals surface area contributed by atoms with Gasteiger partial charge in [-0.3, -0.25) is 0 Å². The van der Waals surface area contributed by atoms with Crippen LogP contribution in [0.3, 0.4) is 0 Å². The van der Waals surface area contributed by atoms with Gasteiger partial charge in [0.05, 0.1) is 6.54 Å². The van der Waals surface area contributed by atoms with Crippen LogP contribution in [0.1, 0.15) is 65.7 Å². The SMILES string of the molecule is C#CCNC1CCN(C(=O)OC(C)(C)C)C2(CCCCC2)C1. The largest absolute Gasteiger partial charge is 0.444 e. The minimum Gasteiger partial charge on any atom is -0.444 e. The van der Waals surface area contributed by atoms with E-state index in [2.05, 4.69) is 11.2 Å². The van der Waals surface area contributed by atoms with Crippen LogP contribution in [0.15, 0.2) is 0 Å². The van der Waals surface area contributed by atoms with Crippen molar-refractivity contribution in [1.29, 1.82) is 0 Å². The van der Waals surface area contributed by atoms with E-state index in [-0.39, 0.29) is 11.6 Å². The highest BCUT2D eigenvalue weighted by Crippen LogP contribution is 2.41. The molecule has 0 aromatic rings. The molecule has 1 amide bonds. The van der Waals surface area contributed by atoms with E-state index in [9.17, 15) is 4.79 Å². The maximum absolute atomic E-state index is 12.7. The number of amides is 1. The molecule has 1 spiro atoms. The minimum absolute atomic E-state index is 0.0366. The van der Waals surface area contributed by atoms with Gasteiger partial charge in [0.25, 0.3) is 0 Å². The molecule has 0 aromatic heterocycles. The molecule has 1 N–H and O–H groups in total. The number of hydrogen-bond acceptors (Lipinski definition) is 3. The fraction of sp³-hybridized carbons (Fsp3) is 0.833. The van der Waals surface area contributed by atoms with Gasteiger partial charge in [-0.1, -0.05) is 25.2 Å². The first-order valence-electron chi connectivity index (χ1n) is 8.54. The van der Waals surface area contributed by atoms with Crippen LogP contribution in [-0.2, 0) is 4.74 Å². The summed E-state index contributed by atoms with van der Waals surface area (Å²) < 4.78 is 5.66. The van der Waals surface area contributed by atoms with Gasteiger partial charge in [-0.05, 0) is 46.5 Å². The van der Waals surface area contributed by atoms with E-state index in [1.807, 2.05) is 25.7 Å². The van der Waals surface area contributed by atoms with Crippen LogP contribution < -0.4 is 5.32 Å². The zero-order chi connectivity index (χ0) is 16.2. The number of hydrogen-bond donors (Lipinski definition) is 1. The predicted octanol–water partition coefficient (Wildman–Crippen LogP) is 3.31. The molecule has 1 saturated heterocycles. The Kier molecular flexibility index (Phi) is 5.39. The number of piperidine rings is 1. The minimum atomic E-state index is -0.439. The Morgan fingerprint density at radius 1 is 1.36 bits per heavy atom. The molecule has 0 bridgehead atoms. The highest BCUT2D eigenvalue weighted by atomic mass is 16.6. The quantitative estimate of drug-likeness (QED) is 0.796. The Morgan fingerprint density at radius 3 is 2.64 bits per heavy atom. The summed E-state index contributed by atoms with van der Waals surface area (Å²) in [6, 6.07) is 0.410. The highest BCUT2D eigenvalue weighted by molar-refractivity contribution is 5.69. The van der Waals surface area contributed by atoms with Crippen LogP contribution in [0.25, 0.3) is 0 Å². The molecule has 2 fully saturated rings. The third-order valence-electron chi connectivity index (χ3n) is 4.79. The molecular weight excluding hydrogens is 276 g/mol. The van der Waals surface area contributed by atoms with Gasteiger partial charge >= 0.3 is 6.09 Å². The molecule has 2 aliphatic rings. The van der Waals surface area contributed by atoms with Crippen molar-refractivity contribution in [2.75, 3.05) is 13.1 Å². The number of rotatable bonds is 2. The summed E-state index contributed by atoms with van der Waals surface area (Å²) in [5, 5.41) is 3.44. The van der Waals surface area contributed by atoms with Crippen LogP contribution in [0.5, 0.6) is 0 Å². The molecule has 1 heterocycles. The van der Waals surface area contributed by atoms with Crippen LogP contribution in [0.4, 0.5) is 4.79 Å². The molecule has 124 valence electrons. The number of likely N-dealkylation sites (tertiary alicyclic amines) is 1. The van der Waals surface area contributed by atoms with Crippen LogP contribution in [0.2, 0.25) is 0 Å². The number of terminal acetylenes is 1. The van der Waals surface area contributed by atoms with E-state index in [1.165, 1.54) is 19.3 Å². The van der Waals surface area contributed by atoms with Crippen molar-refractivity contribution in [2.45, 2.75) is 82.9 Å². The van der Waals surface area contributed by atoms with Crippen molar-refractivity contribution in [3.8, 4) is 12.3 Å². The molecule has 4 nitrogen and oxygen atoms in total.